The van der Waals surface area contributed by atoms with Crippen molar-refractivity contribution in [1.82, 2.24) is 15.7 Å². The molecule has 27 heavy (non-hydrogen) atoms. The molecule has 1 aromatic heterocycles. The molecule has 1 aromatic carbocycles. The number of aliphatic imine (C=N–C) groups is 1. The molecule has 2 rings (SSSR count). The molecule has 1 heterocycles. The number of H-pyrrole nitrogens is 1. The number of sulfone groups is 1. The van der Waals surface area contributed by atoms with Gasteiger partial charge in [-0.1, -0.05) is 30.1 Å². The number of nitrogen functional groups attached to an aromatic ring is 1. The van der Waals surface area contributed by atoms with Gasteiger partial charge in [0.25, 0.3) is 0 Å². The van der Waals surface area contributed by atoms with Crippen LogP contribution in [0.4, 0.5) is 24.7 Å². The highest BCUT2D eigenvalue weighted by Gasteiger charge is 2.32. The number of halogens is 5. The fourth-order valence-corrected chi connectivity index (χ4v) is 3.73. The van der Waals surface area contributed by atoms with Gasteiger partial charge in [0.1, 0.15) is 16.3 Å². The average molecular weight is 446 g/mol. The maximum Gasteiger partial charge on any atom is 0.416 e. The molecule has 0 radical (unpaired) electrons. The zero-order chi connectivity index (χ0) is 20.6. The van der Waals surface area contributed by atoms with Gasteiger partial charge in [0.05, 0.1) is 21.4 Å². The maximum absolute atomic E-state index is 12.8. The minimum absolute atomic E-state index is 0.316. The van der Waals surface area contributed by atoms with Gasteiger partial charge >= 0.3 is 6.18 Å². The van der Waals surface area contributed by atoms with E-state index in [1.807, 2.05) is 0 Å². The van der Waals surface area contributed by atoms with Crippen LogP contribution in [0.5, 0.6) is 0 Å². The van der Waals surface area contributed by atoms with E-state index in [2.05, 4.69) is 15.2 Å². The Balaban J connectivity index is 2.66. The van der Waals surface area contributed by atoms with Crippen LogP contribution >= 0.6 is 23.2 Å². The lowest BCUT2D eigenvalue weighted by molar-refractivity contribution is -0.137. The molecule has 148 valence electrons. The highest BCUT2D eigenvalue weighted by atomic mass is 35.5. The van der Waals surface area contributed by atoms with Crippen LogP contribution in [0, 0.1) is 0 Å². The summed E-state index contributed by atoms with van der Waals surface area (Å²) in [7, 11) is -3.88. The van der Waals surface area contributed by atoms with E-state index in [-0.39, 0.29) is 23.0 Å². The number of aromatic amines is 1. The van der Waals surface area contributed by atoms with Gasteiger partial charge in [-0.3, -0.25) is 15.8 Å². The molecule has 0 aliphatic carbocycles. The van der Waals surface area contributed by atoms with E-state index >= 15 is 0 Å². The van der Waals surface area contributed by atoms with Crippen molar-refractivity contribution in [3.8, 4) is 0 Å². The first-order valence-electron chi connectivity index (χ1n) is 7.04. The Morgan fingerprint density at radius 2 is 1.93 bits per heavy atom. The van der Waals surface area contributed by atoms with E-state index in [4.69, 9.17) is 28.9 Å². The van der Waals surface area contributed by atoms with Gasteiger partial charge in [-0.05, 0) is 12.1 Å². The standard InChI is InChI=1S/C13H12Cl2F3N5O3S/c1-2-27(25,26)10-9(21-22-11(10)19)12(23-24)20-8-6(14)3-5(4-7(8)15)13(16,17)18/h3-4,24H,2H2,1H3,(H,20,23)(H3,19,21,22). The minimum Gasteiger partial charge on any atom is -0.381 e. The van der Waals surface area contributed by atoms with Crippen LogP contribution in [0.1, 0.15) is 18.2 Å². The summed E-state index contributed by atoms with van der Waals surface area (Å²) in [5, 5.41) is 14.2. The van der Waals surface area contributed by atoms with Crippen LogP contribution in [-0.4, -0.2) is 35.4 Å². The summed E-state index contributed by atoms with van der Waals surface area (Å²) in [6.45, 7) is 1.36. The molecular formula is C13H12Cl2F3N5O3S. The van der Waals surface area contributed by atoms with Crippen molar-refractivity contribution < 1.29 is 26.8 Å². The predicted octanol–water partition coefficient (Wildman–Crippen LogP) is 3.17. The van der Waals surface area contributed by atoms with Crippen LogP contribution in [0.3, 0.4) is 0 Å². The first-order chi connectivity index (χ1) is 12.4. The topological polar surface area (TPSA) is 133 Å². The van der Waals surface area contributed by atoms with Gasteiger partial charge < -0.3 is 5.73 Å². The number of anilines is 1. The lowest BCUT2D eigenvalue weighted by Gasteiger charge is -2.11. The third-order valence-electron chi connectivity index (χ3n) is 3.35. The summed E-state index contributed by atoms with van der Waals surface area (Å²) >= 11 is 11.6. The second kappa shape index (κ2) is 7.54. The van der Waals surface area contributed by atoms with Crippen molar-refractivity contribution in [1.29, 1.82) is 0 Å². The van der Waals surface area contributed by atoms with Gasteiger partial charge in [0.2, 0.25) is 0 Å². The summed E-state index contributed by atoms with van der Waals surface area (Å²) in [5.41, 5.74) is 5.43. The number of hydrogen-bond donors (Lipinski definition) is 4. The second-order valence-electron chi connectivity index (χ2n) is 5.07. The normalized spacial score (nSPS) is 13.1. The summed E-state index contributed by atoms with van der Waals surface area (Å²) in [4.78, 5) is 3.38. The number of alkyl halides is 3. The number of hydroxylamine groups is 1. The Kier molecular flexibility index (Phi) is 5.94. The zero-order valence-corrected chi connectivity index (χ0v) is 15.7. The number of nitrogens with two attached hydrogens (primary N) is 1. The van der Waals surface area contributed by atoms with Crippen LogP contribution in [0.15, 0.2) is 22.0 Å². The zero-order valence-electron chi connectivity index (χ0n) is 13.4. The van der Waals surface area contributed by atoms with Crippen LogP contribution < -0.4 is 11.2 Å². The molecule has 0 unspecified atom stereocenters. The summed E-state index contributed by atoms with van der Waals surface area (Å²) in [6.07, 6.45) is -4.69. The van der Waals surface area contributed by atoms with Gasteiger partial charge in [-0.25, -0.2) is 13.4 Å². The smallest absolute Gasteiger partial charge is 0.381 e. The van der Waals surface area contributed by atoms with E-state index in [9.17, 15) is 26.8 Å². The molecule has 0 saturated heterocycles. The Bertz CT molecular complexity index is 982. The van der Waals surface area contributed by atoms with Crippen molar-refractivity contribution in [3.05, 3.63) is 33.4 Å². The van der Waals surface area contributed by atoms with Gasteiger partial charge in [-0.15, -0.1) is 0 Å². The molecule has 0 spiro atoms. The maximum atomic E-state index is 12.8. The number of aromatic nitrogens is 2. The van der Waals surface area contributed by atoms with Crippen LogP contribution in [0.25, 0.3) is 0 Å². The third-order valence-corrected chi connectivity index (χ3v) is 5.72. The first kappa shape index (κ1) is 21.3. The SMILES string of the molecule is CCS(=O)(=O)c1c(N)n[nH]c1C(=Nc1c(Cl)cc(C(F)(F)F)cc1Cl)NO. The van der Waals surface area contributed by atoms with Crippen molar-refractivity contribution in [2.24, 2.45) is 4.99 Å². The van der Waals surface area contributed by atoms with E-state index in [0.717, 1.165) is 0 Å². The monoisotopic (exact) mass is 445 g/mol. The van der Waals surface area contributed by atoms with E-state index in [1.165, 1.54) is 6.92 Å². The molecule has 0 fully saturated rings. The fraction of sp³-hybridized carbons (Fsp3) is 0.231. The molecule has 14 heteroatoms. The first-order valence-corrected chi connectivity index (χ1v) is 9.45. The summed E-state index contributed by atoms with van der Waals surface area (Å²) in [5.74, 6) is -1.22. The number of nitrogens with one attached hydrogen (secondary N) is 2. The molecule has 0 amide bonds. The summed E-state index contributed by atoms with van der Waals surface area (Å²) < 4.78 is 62.8. The molecule has 5 N–H and O–H groups in total. The van der Waals surface area contributed by atoms with E-state index in [0.29, 0.717) is 12.1 Å². The van der Waals surface area contributed by atoms with Gasteiger partial charge in [-0.2, -0.15) is 18.3 Å². The molecule has 8 nitrogen and oxygen atoms in total. The second-order valence-corrected chi connectivity index (χ2v) is 8.10. The largest absolute Gasteiger partial charge is 0.416 e. The minimum atomic E-state index is -4.69. The number of hydrogen-bond acceptors (Lipinski definition) is 6. The van der Waals surface area contributed by atoms with Gasteiger partial charge in [0, 0.05) is 0 Å². The van der Waals surface area contributed by atoms with Gasteiger partial charge in [0.15, 0.2) is 21.5 Å². The lowest BCUT2D eigenvalue weighted by atomic mass is 10.2. The average Bonchev–Trinajstić information content (AvgIpc) is 2.95. The molecule has 0 bridgehead atoms. The summed E-state index contributed by atoms with van der Waals surface area (Å²) in [6, 6.07) is 1.18. The van der Waals surface area contributed by atoms with E-state index < -0.39 is 42.4 Å². The van der Waals surface area contributed by atoms with Crippen molar-refractivity contribution >= 4 is 50.4 Å². The Morgan fingerprint density at radius 1 is 1.37 bits per heavy atom. The number of rotatable bonds is 4. The van der Waals surface area contributed by atoms with Crippen LogP contribution in [-0.2, 0) is 16.0 Å². The van der Waals surface area contributed by atoms with Crippen molar-refractivity contribution in [2.75, 3.05) is 11.5 Å². The molecular weight excluding hydrogens is 434 g/mol. The lowest BCUT2D eigenvalue weighted by Crippen LogP contribution is -2.23. The predicted molar refractivity (Wildman–Crippen MR) is 93.3 cm³/mol. The Morgan fingerprint density at radius 3 is 2.37 bits per heavy atom. The Labute approximate surface area is 161 Å². The van der Waals surface area contributed by atoms with E-state index in [1.54, 1.807) is 5.48 Å². The third kappa shape index (κ3) is 4.29. The molecule has 2 aromatic rings. The Hall–Kier alpha value is -2.02. The van der Waals surface area contributed by atoms with Crippen molar-refractivity contribution in [3.63, 3.8) is 0 Å². The molecule has 0 aliphatic rings. The number of benzene rings is 1. The molecule has 0 saturated carbocycles. The number of amidine groups is 1. The number of nitrogens with zero attached hydrogens (tertiary/aromatic N) is 2. The quantitative estimate of drug-likeness (QED) is 0.324. The highest BCUT2D eigenvalue weighted by molar-refractivity contribution is 7.91. The van der Waals surface area contributed by atoms with Crippen molar-refractivity contribution in [2.45, 2.75) is 18.0 Å². The fourth-order valence-electron chi connectivity index (χ4n) is 2.05. The van der Waals surface area contributed by atoms with Crippen LogP contribution in [0.2, 0.25) is 10.0 Å². The molecule has 0 aliphatic heterocycles. The highest BCUT2D eigenvalue weighted by Crippen LogP contribution is 2.40. The molecule has 0 atom stereocenters.